The lowest BCUT2D eigenvalue weighted by atomic mass is 10.1. The van der Waals surface area contributed by atoms with Crippen molar-refractivity contribution >= 4 is 43.3 Å². The van der Waals surface area contributed by atoms with Gasteiger partial charge in [0.05, 0.1) is 11.4 Å². The highest BCUT2D eigenvalue weighted by molar-refractivity contribution is 9.15. The molecule has 2 N–H and O–H groups in total. The Balaban J connectivity index is 3.06. The molecule has 2 nitrogen and oxygen atoms in total. The lowest BCUT2D eigenvalue weighted by Gasteiger charge is -2.05. The van der Waals surface area contributed by atoms with Gasteiger partial charge in [-0.05, 0) is 44.0 Å². The molecule has 0 bridgehead atoms. The van der Waals surface area contributed by atoms with Crippen LogP contribution in [0.25, 0.3) is 0 Å². The van der Waals surface area contributed by atoms with Gasteiger partial charge >= 0.3 is 0 Å². The van der Waals surface area contributed by atoms with Crippen molar-refractivity contribution in [3.8, 4) is 0 Å². The molecule has 0 atom stereocenters. The molecule has 0 saturated carbocycles. The molecule has 0 aromatic carbocycles. The van der Waals surface area contributed by atoms with Crippen LogP contribution in [-0.4, -0.2) is 11.4 Å². The minimum Gasteiger partial charge on any atom is -0.299 e. The predicted octanol–water partition coefficient (Wildman–Crippen LogP) is 2.60. The van der Waals surface area contributed by atoms with E-state index in [2.05, 4.69) is 31.9 Å². The third-order valence-electron chi connectivity index (χ3n) is 1.06. The zero-order valence-corrected chi connectivity index (χ0v) is 8.08. The second-order valence-electron chi connectivity index (χ2n) is 1.81. The normalized spacial score (nSPS) is 18.6. The first-order chi connectivity index (χ1) is 4.61. The van der Waals surface area contributed by atoms with Gasteiger partial charge in [-0.1, -0.05) is 0 Å². The Bertz CT molecular complexity index is 235. The zero-order valence-electron chi connectivity index (χ0n) is 4.91. The van der Waals surface area contributed by atoms with Gasteiger partial charge in [-0.3, -0.25) is 10.8 Å². The lowest BCUT2D eigenvalue weighted by molar-refractivity contribution is 1.49. The summed E-state index contributed by atoms with van der Waals surface area (Å²) in [6.07, 6.45) is 3.18. The van der Waals surface area contributed by atoms with Crippen molar-refractivity contribution in [3.63, 3.8) is 0 Å². The van der Waals surface area contributed by atoms with E-state index in [1.165, 1.54) is 0 Å². The summed E-state index contributed by atoms with van der Waals surface area (Å²) in [7, 11) is 0. The number of hydrogen-bond donors (Lipinski definition) is 2. The monoisotopic (exact) mass is 262 g/mol. The Morgan fingerprint density at radius 3 is 1.50 bits per heavy atom. The summed E-state index contributed by atoms with van der Waals surface area (Å²) >= 11 is 6.46. The fraction of sp³-hybridized carbons (Fsp3) is 0. The van der Waals surface area contributed by atoms with Gasteiger partial charge in [0.1, 0.15) is 0 Å². The van der Waals surface area contributed by atoms with Gasteiger partial charge in [-0.25, -0.2) is 0 Å². The van der Waals surface area contributed by atoms with Crippen LogP contribution in [0, 0.1) is 10.8 Å². The third-order valence-corrected chi connectivity index (χ3v) is 2.90. The molecule has 0 aliphatic heterocycles. The van der Waals surface area contributed by atoms with E-state index >= 15 is 0 Å². The van der Waals surface area contributed by atoms with Crippen LogP contribution in [0.2, 0.25) is 0 Å². The van der Waals surface area contributed by atoms with Gasteiger partial charge in [-0.15, -0.1) is 0 Å². The largest absolute Gasteiger partial charge is 0.299 e. The Kier molecular flexibility index (Phi) is 2.21. The van der Waals surface area contributed by atoms with Gasteiger partial charge in [0.25, 0.3) is 0 Å². The number of nitrogens with one attached hydrogen (secondary N) is 2. The minimum absolute atomic E-state index is 0.232. The van der Waals surface area contributed by atoms with Crippen molar-refractivity contribution in [1.82, 2.24) is 0 Å². The van der Waals surface area contributed by atoms with Crippen molar-refractivity contribution < 1.29 is 0 Å². The highest BCUT2D eigenvalue weighted by Crippen LogP contribution is 2.25. The van der Waals surface area contributed by atoms with Gasteiger partial charge in [0.2, 0.25) is 0 Å². The zero-order chi connectivity index (χ0) is 7.72. The molecule has 4 heteroatoms. The average molecular weight is 264 g/mol. The van der Waals surface area contributed by atoms with Gasteiger partial charge in [0, 0.05) is 8.96 Å². The van der Waals surface area contributed by atoms with Crippen molar-refractivity contribution in [1.29, 1.82) is 10.8 Å². The molecule has 1 aliphatic carbocycles. The van der Waals surface area contributed by atoms with E-state index < -0.39 is 0 Å². The number of allylic oxidation sites excluding steroid dienone is 4. The molecular weight excluding hydrogens is 260 g/mol. The molecule has 0 aromatic rings. The molecule has 0 fully saturated rings. The number of hydrogen-bond acceptors (Lipinski definition) is 2. The van der Waals surface area contributed by atoms with E-state index in [1.54, 1.807) is 12.2 Å². The van der Waals surface area contributed by atoms with Crippen LogP contribution >= 0.6 is 31.9 Å². The summed E-state index contributed by atoms with van der Waals surface area (Å²) in [4.78, 5) is 0. The van der Waals surface area contributed by atoms with Crippen LogP contribution in [-0.2, 0) is 0 Å². The molecule has 0 heterocycles. The first-order valence-corrected chi connectivity index (χ1v) is 4.12. The third kappa shape index (κ3) is 1.44. The molecule has 1 aliphatic rings. The van der Waals surface area contributed by atoms with Crippen LogP contribution < -0.4 is 0 Å². The minimum atomic E-state index is 0.232. The fourth-order valence-corrected chi connectivity index (χ4v) is 1.23. The number of rotatable bonds is 0. The Morgan fingerprint density at radius 2 is 1.20 bits per heavy atom. The Hall–Kier alpha value is -0.220. The molecule has 10 heavy (non-hydrogen) atoms. The quantitative estimate of drug-likeness (QED) is 0.632. The fourth-order valence-electron chi connectivity index (χ4n) is 0.547. The molecule has 52 valence electrons. The molecular formula is C6H4Br2N2. The lowest BCUT2D eigenvalue weighted by Crippen LogP contribution is -2.09. The maximum absolute atomic E-state index is 7.22. The van der Waals surface area contributed by atoms with Gasteiger partial charge in [0.15, 0.2) is 0 Å². The van der Waals surface area contributed by atoms with E-state index in [0.717, 1.165) is 8.96 Å². The maximum atomic E-state index is 7.22. The molecule has 0 saturated heterocycles. The van der Waals surface area contributed by atoms with Crippen molar-refractivity contribution in [3.05, 3.63) is 21.1 Å². The molecule has 1 rings (SSSR count). The van der Waals surface area contributed by atoms with Crippen LogP contribution in [0.4, 0.5) is 0 Å². The molecule has 0 unspecified atom stereocenters. The second-order valence-corrected chi connectivity index (χ2v) is 3.52. The summed E-state index contributed by atoms with van der Waals surface area (Å²) in [5.41, 5.74) is 0.463. The van der Waals surface area contributed by atoms with Crippen molar-refractivity contribution in [2.75, 3.05) is 0 Å². The first kappa shape index (κ1) is 7.88. The van der Waals surface area contributed by atoms with Crippen LogP contribution in [0.15, 0.2) is 21.1 Å². The van der Waals surface area contributed by atoms with Crippen LogP contribution in [0.5, 0.6) is 0 Å². The molecule has 0 spiro atoms. The van der Waals surface area contributed by atoms with E-state index in [9.17, 15) is 0 Å². The molecule has 0 amide bonds. The van der Waals surface area contributed by atoms with E-state index in [0.29, 0.717) is 0 Å². The van der Waals surface area contributed by atoms with Crippen molar-refractivity contribution in [2.24, 2.45) is 0 Å². The van der Waals surface area contributed by atoms with E-state index in [-0.39, 0.29) is 11.4 Å². The van der Waals surface area contributed by atoms with E-state index in [4.69, 9.17) is 10.8 Å². The van der Waals surface area contributed by atoms with Gasteiger partial charge in [-0.2, -0.15) is 0 Å². The summed E-state index contributed by atoms with van der Waals surface area (Å²) in [6, 6.07) is 0. The summed E-state index contributed by atoms with van der Waals surface area (Å²) in [5, 5.41) is 14.4. The molecule has 0 aromatic heterocycles. The maximum Gasteiger partial charge on any atom is 0.0801 e. The Morgan fingerprint density at radius 1 is 0.900 bits per heavy atom. The highest BCUT2D eigenvalue weighted by atomic mass is 79.9. The smallest absolute Gasteiger partial charge is 0.0801 e. The average Bonchev–Trinajstić information content (AvgIpc) is 1.84. The highest BCUT2D eigenvalue weighted by Gasteiger charge is 2.09. The molecule has 0 radical (unpaired) electrons. The summed E-state index contributed by atoms with van der Waals surface area (Å²) < 4.78 is 1.63. The number of halogens is 2. The topological polar surface area (TPSA) is 47.7 Å². The summed E-state index contributed by atoms with van der Waals surface area (Å²) in [5.74, 6) is 0. The van der Waals surface area contributed by atoms with Crippen LogP contribution in [0.3, 0.4) is 0 Å². The summed E-state index contributed by atoms with van der Waals surface area (Å²) in [6.45, 7) is 0. The SMILES string of the molecule is N=C1C=C(Br)C(Br)=CC1=N. The van der Waals surface area contributed by atoms with Crippen molar-refractivity contribution in [2.45, 2.75) is 0 Å². The predicted molar refractivity (Wildman–Crippen MR) is 49.5 cm³/mol. The Labute approximate surface area is 75.3 Å². The second kappa shape index (κ2) is 2.80. The standard InChI is InChI=1S/C6H4Br2N2/c7-3-1-5(9)6(10)2-4(3)8/h1-2,9-10H. The first-order valence-electron chi connectivity index (χ1n) is 2.53. The van der Waals surface area contributed by atoms with Gasteiger partial charge < -0.3 is 0 Å². The van der Waals surface area contributed by atoms with Crippen LogP contribution in [0.1, 0.15) is 0 Å². The van der Waals surface area contributed by atoms with E-state index in [1.807, 2.05) is 0 Å².